The maximum absolute atomic E-state index is 10.4. The maximum atomic E-state index is 10.4. The van der Waals surface area contributed by atoms with Gasteiger partial charge in [0.25, 0.3) is 0 Å². The van der Waals surface area contributed by atoms with Gasteiger partial charge in [-0.25, -0.2) is 0 Å². The topological polar surface area (TPSA) is 75.1 Å². The summed E-state index contributed by atoms with van der Waals surface area (Å²) in [4.78, 5) is 4.49. The molecule has 1 aromatic carbocycles. The third-order valence-electron chi connectivity index (χ3n) is 3.84. The summed E-state index contributed by atoms with van der Waals surface area (Å²) in [7, 11) is 3.20. The minimum absolute atomic E-state index is 0. The van der Waals surface area contributed by atoms with Crippen LogP contribution in [0.25, 0.3) is 0 Å². The summed E-state index contributed by atoms with van der Waals surface area (Å²) in [5, 5.41) is 16.8. The van der Waals surface area contributed by atoms with Crippen molar-refractivity contribution >= 4 is 35.6 Å². The minimum atomic E-state index is -0.764. The van der Waals surface area contributed by atoms with Gasteiger partial charge in [-0.05, 0) is 31.9 Å². The molecule has 6 nitrogen and oxygen atoms in total. The number of rotatable bonds is 8. The summed E-state index contributed by atoms with van der Waals surface area (Å²) in [6.45, 7) is 7.01. The van der Waals surface area contributed by atoms with E-state index in [0.717, 1.165) is 12.2 Å². The smallest absolute Gasteiger partial charge is 0.195 e. The van der Waals surface area contributed by atoms with Crippen LogP contribution in [0.4, 0.5) is 5.69 Å². The minimum Gasteiger partial charge on any atom is -0.493 e. The molecule has 7 heteroatoms. The van der Waals surface area contributed by atoms with E-state index in [1.807, 2.05) is 39.0 Å². The molecule has 0 bridgehead atoms. The van der Waals surface area contributed by atoms with Gasteiger partial charge in [0.1, 0.15) is 0 Å². The second kappa shape index (κ2) is 11.4. The molecular formula is C17H30IN3O3. The van der Waals surface area contributed by atoms with Crippen molar-refractivity contribution in [2.45, 2.75) is 39.2 Å². The number of ether oxygens (including phenoxy) is 2. The zero-order valence-corrected chi connectivity index (χ0v) is 17.5. The van der Waals surface area contributed by atoms with Gasteiger partial charge in [-0.3, -0.25) is 4.99 Å². The van der Waals surface area contributed by atoms with E-state index in [0.29, 0.717) is 36.8 Å². The fourth-order valence-electron chi connectivity index (χ4n) is 2.06. The zero-order chi connectivity index (χ0) is 17.3. The van der Waals surface area contributed by atoms with Gasteiger partial charge in [0, 0.05) is 18.3 Å². The number of aliphatic hydroxyl groups is 1. The predicted octanol–water partition coefficient (Wildman–Crippen LogP) is 3.25. The first-order chi connectivity index (χ1) is 11.0. The molecule has 1 rings (SSSR count). The lowest BCUT2D eigenvalue weighted by Gasteiger charge is -2.23. The molecule has 3 N–H and O–H groups in total. The van der Waals surface area contributed by atoms with Crippen molar-refractivity contribution in [3.63, 3.8) is 0 Å². The highest BCUT2D eigenvalue weighted by atomic mass is 127. The molecule has 0 saturated carbocycles. The molecule has 0 atom stereocenters. The molecule has 0 spiro atoms. The summed E-state index contributed by atoms with van der Waals surface area (Å²) < 4.78 is 10.5. The standard InChI is InChI=1S/C17H29N3O3.HI/c1-6-17(21,7-2)12-19-16(18-8-3)20-13-9-10-14(22-4)15(11-13)23-5;/h9-11,21H,6-8,12H2,1-5H3,(H2,18,19,20);1H. The molecule has 0 unspecified atom stereocenters. The molecule has 0 aromatic heterocycles. The molecule has 0 radical (unpaired) electrons. The molecule has 0 amide bonds. The second-order valence-electron chi connectivity index (χ2n) is 5.32. The zero-order valence-electron chi connectivity index (χ0n) is 15.2. The van der Waals surface area contributed by atoms with Crippen LogP contribution in [-0.2, 0) is 0 Å². The third kappa shape index (κ3) is 6.72. The summed E-state index contributed by atoms with van der Waals surface area (Å²) in [6, 6.07) is 5.57. The fraction of sp³-hybridized carbons (Fsp3) is 0.588. The van der Waals surface area contributed by atoms with E-state index < -0.39 is 5.60 Å². The fourth-order valence-corrected chi connectivity index (χ4v) is 2.06. The van der Waals surface area contributed by atoms with Crippen molar-refractivity contribution in [1.82, 2.24) is 5.32 Å². The monoisotopic (exact) mass is 451 g/mol. The molecule has 0 fully saturated rings. The summed E-state index contributed by atoms with van der Waals surface area (Å²) in [5.74, 6) is 1.94. The highest BCUT2D eigenvalue weighted by molar-refractivity contribution is 14.0. The molecule has 0 aliphatic carbocycles. The van der Waals surface area contributed by atoms with Crippen LogP contribution in [0.15, 0.2) is 23.2 Å². The van der Waals surface area contributed by atoms with Crippen LogP contribution in [0.2, 0.25) is 0 Å². The Balaban J connectivity index is 0.00000529. The van der Waals surface area contributed by atoms with E-state index >= 15 is 0 Å². The van der Waals surface area contributed by atoms with Gasteiger partial charge in [-0.1, -0.05) is 13.8 Å². The van der Waals surface area contributed by atoms with Crippen LogP contribution in [0.5, 0.6) is 11.5 Å². The number of hydrogen-bond donors (Lipinski definition) is 3. The largest absolute Gasteiger partial charge is 0.493 e. The van der Waals surface area contributed by atoms with Crippen LogP contribution in [0.3, 0.4) is 0 Å². The summed E-state index contributed by atoms with van der Waals surface area (Å²) in [5.41, 5.74) is 0.0684. The van der Waals surface area contributed by atoms with E-state index in [4.69, 9.17) is 9.47 Å². The average molecular weight is 451 g/mol. The van der Waals surface area contributed by atoms with E-state index in [9.17, 15) is 5.11 Å². The molecule has 1 aromatic rings. The molecular weight excluding hydrogens is 421 g/mol. The van der Waals surface area contributed by atoms with Crippen LogP contribution in [0, 0.1) is 0 Å². The Morgan fingerprint density at radius 1 is 1.12 bits per heavy atom. The Morgan fingerprint density at radius 2 is 1.75 bits per heavy atom. The van der Waals surface area contributed by atoms with Crippen LogP contribution in [0.1, 0.15) is 33.6 Å². The van der Waals surface area contributed by atoms with Gasteiger partial charge in [0.2, 0.25) is 0 Å². The van der Waals surface area contributed by atoms with Gasteiger partial charge in [0.15, 0.2) is 17.5 Å². The van der Waals surface area contributed by atoms with Crippen LogP contribution < -0.4 is 20.1 Å². The number of benzene rings is 1. The predicted molar refractivity (Wildman–Crippen MR) is 110 cm³/mol. The Labute approximate surface area is 162 Å². The first-order valence-electron chi connectivity index (χ1n) is 8.01. The van der Waals surface area contributed by atoms with Crippen molar-refractivity contribution in [1.29, 1.82) is 0 Å². The van der Waals surface area contributed by atoms with Crippen LogP contribution in [-0.4, -0.2) is 44.0 Å². The van der Waals surface area contributed by atoms with E-state index in [1.165, 1.54) is 0 Å². The normalized spacial score (nSPS) is 11.5. The Kier molecular flexibility index (Phi) is 10.8. The Bertz CT molecular complexity index is 520. The number of nitrogens with zero attached hydrogens (tertiary/aromatic N) is 1. The average Bonchev–Trinajstić information content (AvgIpc) is 2.59. The van der Waals surface area contributed by atoms with E-state index in [-0.39, 0.29) is 24.0 Å². The van der Waals surface area contributed by atoms with Crippen molar-refractivity contribution in [2.75, 3.05) is 32.6 Å². The van der Waals surface area contributed by atoms with Crippen LogP contribution >= 0.6 is 24.0 Å². The van der Waals surface area contributed by atoms with Gasteiger partial charge in [0.05, 0.1) is 26.4 Å². The number of hydrogen-bond acceptors (Lipinski definition) is 4. The molecule has 0 aliphatic rings. The molecule has 0 heterocycles. The Morgan fingerprint density at radius 3 is 2.25 bits per heavy atom. The number of nitrogens with one attached hydrogen (secondary N) is 2. The van der Waals surface area contributed by atoms with Gasteiger partial charge >= 0.3 is 0 Å². The third-order valence-corrected chi connectivity index (χ3v) is 3.84. The lowest BCUT2D eigenvalue weighted by Crippen LogP contribution is -2.35. The highest BCUT2D eigenvalue weighted by Gasteiger charge is 2.21. The molecule has 0 aliphatic heterocycles. The lowest BCUT2D eigenvalue weighted by molar-refractivity contribution is 0.0419. The van der Waals surface area contributed by atoms with Crippen molar-refractivity contribution in [2.24, 2.45) is 4.99 Å². The van der Waals surface area contributed by atoms with Gasteiger partial charge < -0.3 is 25.2 Å². The van der Waals surface area contributed by atoms with Crippen molar-refractivity contribution in [3.8, 4) is 11.5 Å². The number of aliphatic imine (C=N–C) groups is 1. The SMILES string of the molecule is CCNC(=NCC(O)(CC)CC)Nc1ccc(OC)c(OC)c1.I. The Hall–Kier alpha value is -1.22. The number of halogens is 1. The first kappa shape index (κ1) is 22.8. The molecule has 24 heavy (non-hydrogen) atoms. The second-order valence-corrected chi connectivity index (χ2v) is 5.32. The van der Waals surface area contributed by atoms with Gasteiger partial charge in [-0.15, -0.1) is 24.0 Å². The van der Waals surface area contributed by atoms with Gasteiger partial charge in [-0.2, -0.15) is 0 Å². The van der Waals surface area contributed by atoms with Crippen molar-refractivity contribution < 1.29 is 14.6 Å². The number of methoxy groups -OCH3 is 2. The summed E-state index contributed by atoms with van der Waals surface area (Å²) >= 11 is 0. The highest BCUT2D eigenvalue weighted by Crippen LogP contribution is 2.29. The summed E-state index contributed by atoms with van der Waals surface area (Å²) in [6.07, 6.45) is 1.34. The van der Waals surface area contributed by atoms with Crippen molar-refractivity contribution in [3.05, 3.63) is 18.2 Å². The number of anilines is 1. The molecule has 138 valence electrons. The number of guanidine groups is 1. The molecule has 0 saturated heterocycles. The van der Waals surface area contributed by atoms with E-state index in [2.05, 4.69) is 15.6 Å². The lowest BCUT2D eigenvalue weighted by atomic mass is 9.98. The quantitative estimate of drug-likeness (QED) is 0.322. The van der Waals surface area contributed by atoms with E-state index in [1.54, 1.807) is 14.2 Å². The first-order valence-corrected chi connectivity index (χ1v) is 8.01. The maximum Gasteiger partial charge on any atom is 0.195 e.